The highest BCUT2D eigenvalue weighted by atomic mass is 16.1. The van der Waals surface area contributed by atoms with Crippen molar-refractivity contribution >= 4 is 5.78 Å². The van der Waals surface area contributed by atoms with Gasteiger partial charge in [-0.1, -0.05) is 43.3 Å². The minimum Gasteiger partial charge on any atom is -0.323 e. The van der Waals surface area contributed by atoms with Crippen molar-refractivity contribution in [1.29, 1.82) is 0 Å². The summed E-state index contributed by atoms with van der Waals surface area (Å²) in [6.07, 6.45) is 3.81. The number of pyridine rings is 1. The van der Waals surface area contributed by atoms with E-state index in [1.165, 1.54) is 0 Å². The second kappa shape index (κ2) is 6.25. The summed E-state index contributed by atoms with van der Waals surface area (Å²) in [6, 6.07) is 13.2. The lowest BCUT2D eigenvalue weighted by molar-refractivity contribution is -0.122. The van der Waals surface area contributed by atoms with Crippen LogP contribution >= 0.6 is 0 Å². The van der Waals surface area contributed by atoms with Crippen LogP contribution in [0.15, 0.2) is 54.9 Å². The molecule has 0 saturated heterocycles. The number of ketones is 1. The highest BCUT2D eigenvalue weighted by Crippen LogP contribution is 2.21. The Bertz CT molecular complexity index is 525. The summed E-state index contributed by atoms with van der Waals surface area (Å²) >= 11 is 0. The van der Waals surface area contributed by atoms with Gasteiger partial charge < -0.3 is 5.73 Å². The van der Waals surface area contributed by atoms with Crippen molar-refractivity contribution in [3.05, 3.63) is 66.0 Å². The summed E-state index contributed by atoms with van der Waals surface area (Å²) in [7, 11) is 0. The number of nitrogens with zero attached hydrogens (tertiary/aromatic N) is 1. The van der Waals surface area contributed by atoms with Crippen molar-refractivity contribution in [2.75, 3.05) is 0 Å². The fourth-order valence-electron chi connectivity index (χ4n) is 2.03. The van der Waals surface area contributed by atoms with Crippen LogP contribution in [0.3, 0.4) is 0 Å². The first-order valence-electron chi connectivity index (χ1n) is 6.40. The number of Topliss-reactive ketones (excluding diaryl/α,β-unsaturated/α-hetero) is 1. The molecule has 3 heteroatoms. The van der Waals surface area contributed by atoms with Crippen LogP contribution in [0.5, 0.6) is 0 Å². The molecule has 0 aliphatic carbocycles. The van der Waals surface area contributed by atoms with Gasteiger partial charge in [0, 0.05) is 30.8 Å². The molecule has 19 heavy (non-hydrogen) atoms. The fourth-order valence-corrected chi connectivity index (χ4v) is 2.03. The number of aromatic nitrogens is 1. The van der Waals surface area contributed by atoms with Gasteiger partial charge in [-0.05, 0) is 17.2 Å². The molecule has 1 aromatic carbocycles. The SMILES string of the molecule is CC(C(=O)Cc1cccnc1)C(N)c1ccccc1. The van der Waals surface area contributed by atoms with Crippen molar-refractivity contribution in [3.63, 3.8) is 0 Å². The second-order valence-corrected chi connectivity index (χ2v) is 4.73. The Kier molecular flexibility index (Phi) is 4.42. The largest absolute Gasteiger partial charge is 0.323 e. The molecule has 0 radical (unpaired) electrons. The Hall–Kier alpha value is -2.00. The van der Waals surface area contributed by atoms with Crippen LogP contribution in [-0.2, 0) is 11.2 Å². The Morgan fingerprint density at radius 2 is 1.95 bits per heavy atom. The predicted octanol–water partition coefficient (Wildman–Crippen LogP) is 2.53. The second-order valence-electron chi connectivity index (χ2n) is 4.73. The number of benzene rings is 1. The molecule has 1 aromatic heterocycles. The molecular weight excluding hydrogens is 236 g/mol. The molecule has 2 atom stereocenters. The topological polar surface area (TPSA) is 56.0 Å². The van der Waals surface area contributed by atoms with E-state index in [-0.39, 0.29) is 17.7 Å². The van der Waals surface area contributed by atoms with Crippen LogP contribution < -0.4 is 5.73 Å². The molecular formula is C16H18N2O. The number of nitrogens with two attached hydrogens (primary N) is 1. The molecule has 0 aliphatic rings. The van der Waals surface area contributed by atoms with Crippen molar-refractivity contribution in [2.45, 2.75) is 19.4 Å². The van der Waals surface area contributed by atoms with E-state index < -0.39 is 0 Å². The first-order valence-corrected chi connectivity index (χ1v) is 6.40. The number of carbonyl (C=O) groups excluding carboxylic acids is 1. The summed E-state index contributed by atoms with van der Waals surface area (Å²) < 4.78 is 0. The van der Waals surface area contributed by atoms with Gasteiger partial charge in [0.25, 0.3) is 0 Å². The Labute approximate surface area is 113 Å². The normalized spacial score (nSPS) is 13.8. The quantitative estimate of drug-likeness (QED) is 0.892. The third kappa shape index (κ3) is 3.48. The average Bonchev–Trinajstić information content (AvgIpc) is 2.47. The van der Waals surface area contributed by atoms with Crippen molar-refractivity contribution in [3.8, 4) is 0 Å². The summed E-state index contributed by atoms with van der Waals surface area (Å²) in [5.41, 5.74) is 8.08. The van der Waals surface area contributed by atoms with Gasteiger partial charge in [-0.3, -0.25) is 9.78 Å². The van der Waals surface area contributed by atoms with E-state index in [4.69, 9.17) is 5.73 Å². The lowest BCUT2D eigenvalue weighted by atomic mass is 9.89. The molecule has 0 fully saturated rings. The maximum atomic E-state index is 12.2. The summed E-state index contributed by atoms with van der Waals surface area (Å²) in [6.45, 7) is 1.89. The molecule has 1 heterocycles. The van der Waals surface area contributed by atoms with Crippen molar-refractivity contribution in [2.24, 2.45) is 11.7 Å². The van der Waals surface area contributed by atoms with Gasteiger partial charge in [0.15, 0.2) is 0 Å². The van der Waals surface area contributed by atoms with Gasteiger partial charge in [-0.15, -0.1) is 0 Å². The van der Waals surface area contributed by atoms with Gasteiger partial charge in [-0.2, -0.15) is 0 Å². The van der Waals surface area contributed by atoms with E-state index >= 15 is 0 Å². The van der Waals surface area contributed by atoms with E-state index in [1.807, 2.05) is 49.4 Å². The molecule has 2 aromatic rings. The van der Waals surface area contributed by atoms with Crippen molar-refractivity contribution < 1.29 is 4.79 Å². The number of rotatable bonds is 5. The van der Waals surface area contributed by atoms with Gasteiger partial charge >= 0.3 is 0 Å². The standard InChI is InChI=1S/C16H18N2O/c1-12(16(17)14-7-3-2-4-8-14)15(19)10-13-6-5-9-18-11-13/h2-9,11-12,16H,10,17H2,1H3. The fraction of sp³-hybridized carbons (Fsp3) is 0.250. The van der Waals surface area contributed by atoms with Crippen molar-refractivity contribution in [1.82, 2.24) is 4.98 Å². The maximum Gasteiger partial charge on any atom is 0.142 e. The minimum atomic E-state index is -0.259. The smallest absolute Gasteiger partial charge is 0.142 e. The molecule has 0 amide bonds. The summed E-state index contributed by atoms with van der Waals surface area (Å²) in [5, 5.41) is 0. The maximum absolute atomic E-state index is 12.2. The lowest BCUT2D eigenvalue weighted by Crippen LogP contribution is -2.27. The van der Waals surface area contributed by atoms with Crippen LogP contribution in [-0.4, -0.2) is 10.8 Å². The van der Waals surface area contributed by atoms with Crippen LogP contribution in [0, 0.1) is 5.92 Å². The van der Waals surface area contributed by atoms with Crippen LogP contribution in [0.25, 0.3) is 0 Å². The molecule has 0 aliphatic heterocycles. The Morgan fingerprint density at radius 3 is 2.58 bits per heavy atom. The van der Waals surface area contributed by atoms with E-state index in [0.717, 1.165) is 11.1 Å². The molecule has 2 rings (SSSR count). The molecule has 98 valence electrons. The van der Waals surface area contributed by atoms with Crippen LogP contribution in [0.2, 0.25) is 0 Å². The zero-order chi connectivity index (χ0) is 13.7. The van der Waals surface area contributed by atoms with E-state index in [2.05, 4.69) is 4.98 Å². The van der Waals surface area contributed by atoms with E-state index in [9.17, 15) is 4.79 Å². The zero-order valence-corrected chi connectivity index (χ0v) is 11.0. The van der Waals surface area contributed by atoms with Gasteiger partial charge in [0.2, 0.25) is 0 Å². The average molecular weight is 254 g/mol. The van der Waals surface area contributed by atoms with Crippen LogP contribution in [0.1, 0.15) is 24.1 Å². The van der Waals surface area contributed by atoms with E-state index in [0.29, 0.717) is 6.42 Å². The Balaban J connectivity index is 2.03. The molecule has 3 nitrogen and oxygen atoms in total. The Morgan fingerprint density at radius 1 is 1.21 bits per heavy atom. The summed E-state index contributed by atoms with van der Waals surface area (Å²) in [4.78, 5) is 16.2. The van der Waals surface area contributed by atoms with E-state index in [1.54, 1.807) is 12.4 Å². The van der Waals surface area contributed by atoms with Gasteiger partial charge in [0.1, 0.15) is 5.78 Å². The first kappa shape index (κ1) is 13.4. The molecule has 0 bridgehead atoms. The number of hydrogen-bond acceptors (Lipinski definition) is 3. The molecule has 0 saturated carbocycles. The number of hydrogen-bond donors (Lipinski definition) is 1. The number of carbonyl (C=O) groups is 1. The van der Waals surface area contributed by atoms with Gasteiger partial charge in [0.05, 0.1) is 0 Å². The third-order valence-corrected chi connectivity index (χ3v) is 3.33. The third-order valence-electron chi connectivity index (χ3n) is 3.33. The minimum absolute atomic E-state index is 0.143. The highest BCUT2D eigenvalue weighted by Gasteiger charge is 2.21. The summed E-state index contributed by atoms with van der Waals surface area (Å²) in [5.74, 6) is -0.0630. The van der Waals surface area contributed by atoms with Gasteiger partial charge in [-0.25, -0.2) is 0 Å². The first-order chi connectivity index (χ1) is 9.18. The highest BCUT2D eigenvalue weighted by molar-refractivity contribution is 5.83. The molecule has 2 N–H and O–H groups in total. The molecule has 2 unspecified atom stereocenters. The monoisotopic (exact) mass is 254 g/mol. The lowest BCUT2D eigenvalue weighted by Gasteiger charge is -2.19. The van der Waals surface area contributed by atoms with Crippen LogP contribution in [0.4, 0.5) is 0 Å². The zero-order valence-electron chi connectivity index (χ0n) is 11.0. The molecule has 0 spiro atoms. The predicted molar refractivity (Wildman–Crippen MR) is 75.5 cm³/mol.